The lowest BCUT2D eigenvalue weighted by molar-refractivity contribution is -0.136. The monoisotopic (exact) mass is 355 g/mol. The summed E-state index contributed by atoms with van der Waals surface area (Å²) in [7, 11) is -3.34. The number of hydrogen-bond donors (Lipinski definition) is 0. The number of hydrogen-bond acceptors (Lipinski definition) is 5. The van der Waals surface area contributed by atoms with Crippen molar-refractivity contribution < 1.29 is 13.2 Å². The van der Waals surface area contributed by atoms with Crippen LogP contribution in [0.4, 0.5) is 0 Å². The highest BCUT2D eigenvalue weighted by atomic mass is 32.2. The molecule has 2 aliphatic rings. The zero-order valence-electron chi connectivity index (χ0n) is 14.0. The van der Waals surface area contributed by atoms with Gasteiger partial charge in [-0.3, -0.25) is 4.79 Å². The predicted molar refractivity (Wildman–Crippen MR) is 88.7 cm³/mol. The highest BCUT2D eigenvalue weighted by Gasteiger charge is 2.41. The summed E-state index contributed by atoms with van der Waals surface area (Å²) in [5, 5.41) is 7.86. The third kappa shape index (κ3) is 3.46. The SMILES string of the molecule is CCCS(=O)(=O)N1CCCC1C(=O)N1CCCC(n2ccnn2)C1. The van der Waals surface area contributed by atoms with Crippen molar-refractivity contribution >= 4 is 15.9 Å². The van der Waals surface area contributed by atoms with Crippen LogP contribution < -0.4 is 0 Å². The number of rotatable bonds is 5. The van der Waals surface area contributed by atoms with E-state index in [1.54, 1.807) is 15.8 Å². The lowest BCUT2D eigenvalue weighted by Gasteiger charge is -2.35. The molecule has 134 valence electrons. The molecule has 24 heavy (non-hydrogen) atoms. The number of carbonyl (C=O) groups excluding carboxylic acids is 1. The van der Waals surface area contributed by atoms with Crippen molar-refractivity contribution in [2.24, 2.45) is 0 Å². The van der Waals surface area contributed by atoms with Crippen LogP contribution in [0.1, 0.15) is 45.1 Å². The average Bonchev–Trinajstić information content (AvgIpc) is 3.26. The first-order valence-electron chi connectivity index (χ1n) is 8.67. The van der Waals surface area contributed by atoms with Crippen LogP contribution in [-0.4, -0.2) is 70.0 Å². The fourth-order valence-corrected chi connectivity index (χ4v) is 5.43. The topological polar surface area (TPSA) is 88.4 Å². The van der Waals surface area contributed by atoms with Gasteiger partial charge in [-0.25, -0.2) is 13.1 Å². The Labute approximate surface area is 142 Å². The fourth-order valence-electron chi connectivity index (χ4n) is 3.69. The first-order chi connectivity index (χ1) is 11.5. The van der Waals surface area contributed by atoms with Gasteiger partial charge >= 0.3 is 0 Å². The largest absolute Gasteiger partial charge is 0.339 e. The number of amides is 1. The summed E-state index contributed by atoms with van der Waals surface area (Å²) in [6, 6.07) is -0.414. The second kappa shape index (κ2) is 7.18. The molecule has 0 aliphatic carbocycles. The number of piperidine rings is 1. The van der Waals surface area contributed by atoms with Crippen LogP contribution in [-0.2, 0) is 14.8 Å². The molecule has 1 amide bonds. The Kier molecular flexibility index (Phi) is 5.19. The van der Waals surface area contributed by atoms with Crippen LogP contribution in [0, 0.1) is 0 Å². The molecule has 0 radical (unpaired) electrons. The first kappa shape index (κ1) is 17.3. The van der Waals surface area contributed by atoms with Crippen LogP contribution in [0.15, 0.2) is 12.4 Å². The van der Waals surface area contributed by atoms with Gasteiger partial charge in [-0.2, -0.15) is 4.31 Å². The molecule has 2 unspecified atom stereocenters. The van der Waals surface area contributed by atoms with Gasteiger partial charge in [0.05, 0.1) is 18.0 Å². The Morgan fingerprint density at radius 1 is 1.25 bits per heavy atom. The van der Waals surface area contributed by atoms with Gasteiger partial charge in [0.1, 0.15) is 6.04 Å². The maximum Gasteiger partial charge on any atom is 0.241 e. The minimum Gasteiger partial charge on any atom is -0.339 e. The molecule has 0 saturated carbocycles. The van der Waals surface area contributed by atoms with Gasteiger partial charge in [0.2, 0.25) is 15.9 Å². The summed E-state index contributed by atoms with van der Waals surface area (Å²) in [5.74, 6) is 0.0511. The Morgan fingerprint density at radius 2 is 2.04 bits per heavy atom. The van der Waals surface area contributed by atoms with Gasteiger partial charge in [-0.05, 0) is 32.1 Å². The molecule has 9 heteroatoms. The molecule has 3 rings (SSSR count). The summed E-state index contributed by atoms with van der Waals surface area (Å²) >= 11 is 0. The summed E-state index contributed by atoms with van der Waals surface area (Å²) in [6.45, 7) is 3.55. The van der Waals surface area contributed by atoms with E-state index >= 15 is 0 Å². The number of sulfonamides is 1. The van der Waals surface area contributed by atoms with Crippen LogP contribution in [0.5, 0.6) is 0 Å². The van der Waals surface area contributed by atoms with Crippen molar-refractivity contribution in [1.29, 1.82) is 0 Å². The van der Waals surface area contributed by atoms with Gasteiger partial charge in [0.15, 0.2) is 0 Å². The minimum atomic E-state index is -3.34. The zero-order valence-corrected chi connectivity index (χ0v) is 14.9. The van der Waals surface area contributed by atoms with E-state index < -0.39 is 16.1 Å². The van der Waals surface area contributed by atoms with Gasteiger partial charge < -0.3 is 4.90 Å². The summed E-state index contributed by atoms with van der Waals surface area (Å²) in [6.07, 6.45) is 7.23. The van der Waals surface area contributed by atoms with Crippen molar-refractivity contribution in [2.45, 2.75) is 51.1 Å². The molecule has 2 atom stereocenters. The Bertz CT molecular complexity index is 661. The van der Waals surface area contributed by atoms with Gasteiger partial charge in [-0.15, -0.1) is 5.10 Å². The highest BCUT2D eigenvalue weighted by Crippen LogP contribution is 2.27. The summed E-state index contributed by atoms with van der Waals surface area (Å²) in [5.41, 5.74) is 0. The van der Waals surface area contributed by atoms with Crippen molar-refractivity contribution in [3.05, 3.63) is 12.4 Å². The number of aromatic nitrogens is 3. The van der Waals surface area contributed by atoms with E-state index in [-0.39, 0.29) is 17.7 Å². The van der Waals surface area contributed by atoms with E-state index in [4.69, 9.17) is 0 Å². The lowest BCUT2D eigenvalue weighted by atomic mass is 10.0. The number of carbonyl (C=O) groups is 1. The molecule has 8 nitrogen and oxygen atoms in total. The van der Waals surface area contributed by atoms with Gasteiger partial charge in [0, 0.05) is 25.8 Å². The molecule has 2 fully saturated rings. The summed E-state index contributed by atoms with van der Waals surface area (Å²) < 4.78 is 28.0. The van der Waals surface area contributed by atoms with Crippen molar-refractivity contribution in [3.63, 3.8) is 0 Å². The third-order valence-corrected chi connectivity index (χ3v) is 6.91. The smallest absolute Gasteiger partial charge is 0.241 e. The second-order valence-corrected chi connectivity index (χ2v) is 8.59. The predicted octanol–water partition coefficient (Wildman–Crippen LogP) is 0.646. The second-order valence-electron chi connectivity index (χ2n) is 6.55. The van der Waals surface area contributed by atoms with E-state index in [2.05, 4.69) is 10.3 Å². The Balaban J connectivity index is 1.71. The molecule has 1 aromatic heterocycles. The standard InChI is InChI=1S/C15H25N5O3S/c1-2-11-24(22,23)20-9-4-6-14(20)15(21)18-8-3-5-13(12-18)19-10-7-16-17-19/h7,10,13-14H,2-6,8-9,11-12H2,1H3. The molecule has 0 N–H and O–H groups in total. The van der Waals surface area contributed by atoms with Crippen LogP contribution >= 0.6 is 0 Å². The molecule has 2 saturated heterocycles. The van der Waals surface area contributed by atoms with Gasteiger partial charge in [0.25, 0.3) is 0 Å². The third-order valence-electron chi connectivity index (χ3n) is 4.83. The van der Waals surface area contributed by atoms with Crippen molar-refractivity contribution in [2.75, 3.05) is 25.4 Å². The van der Waals surface area contributed by atoms with Crippen LogP contribution in [0.2, 0.25) is 0 Å². The highest BCUT2D eigenvalue weighted by molar-refractivity contribution is 7.89. The average molecular weight is 355 g/mol. The van der Waals surface area contributed by atoms with E-state index in [0.717, 1.165) is 19.3 Å². The number of nitrogens with zero attached hydrogens (tertiary/aromatic N) is 5. The quantitative estimate of drug-likeness (QED) is 0.774. The van der Waals surface area contributed by atoms with Crippen LogP contribution in [0.25, 0.3) is 0 Å². The van der Waals surface area contributed by atoms with E-state index in [1.165, 1.54) is 4.31 Å². The summed E-state index contributed by atoms with van der Waals surface area (Å²) in [4.78, 5) is 14.8. The number of likely N-dealkylation sites (tertiary alicyclic amines) is 1. The molecular formula is C15H25N5O3S. The maximum absolute atomic E-state index is 13.0. The molecule has 1 aromatic rings. The molecule has 0 spiro atoms. The molecule has 3 heterocycles. The van der Waals surface area contributed by atoms with E-state index in [9.17, 15) is 13.2 Å². The Hall–Kier alpha value is -1.48. The molecular weight excluding hydrogens is 330 g/mol. The molecule has 0 bridgehead atoms. The normalized spacial score (nSPS) is 26.0. The molecule has 2 aliphatic heterocycles. The zero-order chi connectivity index (χ0) is 17.2. The lowest BCUT2D eigenvalue weighted by Crippen LogP contribution is -2.51. The first-order valence-corrected chi connectivity index (χ1v) is 10.3. The van der Waals surface area contributed by atoms with Gasteiger partial charge in [-0.1, -0.05) is 12.1 Å². The Morgan fingerprint density at radius 3 is 2.75 bits per heavy atom. The van der Waals surface area contributed by atoms with Crippen molar-refractivity contribution in [1.82, 2.24) is 24.2 Å². The van der Waals surface area contributed by atoms with E-state index in [0.29, 0.717) is 32.5 Å². The van der Waals surface area contributed by atoms with Crippen LogP contribution in [0.3, 0.4) is 0 Å². The van der Waals surface area contributed by atoms with E-state index in [1.807, 2.05) is 13.1 Å². The molecule has 0 aromatic carbocycles. The van der Waals surface area contributed by atoms with Crippen molar-refractivity contribution in [3.8, 4) is 0 Å². The minimum absolute atomic E-state index is 0.0583. The maximum atomic E-state index is 13.0. The fraction of sp³-hybridized carbons (Fsp3) is 0.800.